The number of hydrogen-bond donors (Lipinski definition) is 1. The number of thioether (sulfide) groups is 1. The van der Waals surface area contributed by atoms with Gasteiger partial charge in [-0.05, 0) is 30.3 Å². The number of alkyl halides is 3. The van der Waals surface area contributed by atoms with Crippen molar-refractivity contribution in [1.82, 2.24) is 14.8 Å². The van der Waals surface area contributed by atoms with E-state index < -0.39 is 17.6 Å². The normalized spacial score (nSPS) is 11.3. The summed E-state index contributed by atoms with van der Waals surface area (Å²) in [4.78, 5) is 12.2. The number of carbonyl (C=O) groups excluding carboxylic acids is 1. The van der Waals surface area contributed by atoms with Crippen molar-refractivity contribution in [2.45, 2.75) is 11.3 Å². The van der Waals surface area contributed by atoms with Crippen molar-refractivity contribution in [2.75, 3.05) is 18.2 Å². The molecule has 1 aromatic heterocycles. The fourth-order valence-electron chi connectivity index (χ4n) is 2.49. The third-order valence-electron chi connectivity index (χ3n) is 3.75. The third kappa shape index (κ3) is 5.01. The van der Waals surface area contributed by atoms with Crippen LogP contribution in [0.15, 0.2) is 53.9 Å². The summed E-state index contributed by atoms with van der Waals surface area (Å²) < 4.78 is 46.4. The second-order valence-corrected chi connectivity index (χ2v) is 7.06. The van der Waals surface area contributed by atoms with Crippen LogP contribution >= 0.6 is 23.4 Å². The van der Waals surface area contributed by atoms with E-state index in [1.807, 2.05) is 0 Å². The molecule has 1 heterocycles. The van der Waals surface area contributed by atoms with Crippen LogP contribution in [-0.2, 0) is 11.0 Å². The molecule has 3 aromatic rings. The molecular weight excluding hydrogens is 429 g/mol. The van der Waals surface area contributed by atoms with Gasteiger partial charge in [0.15, 0.2) is 5.16 Å². The molecule has 3 rings (SSSR count). The predicted octanol–water partition coefficient (Wildman–Crippen LogP) is 4.68. The number of halogens is 4. The molecule has 2 aromatic carbocycles. The van der Waals surface area contributed by atoms with Crippen molar-refractivity contribution >= 4 is 35.0 Å². The molecule has 0 unspecified atom stereocenters. The molecule has 0 spiro atoms. The quantitative estimate of drug-likeness (QED) is 0.561. The topological polar surface area (TPSA) is 69.0 Å². The fraction of sp³-hybridized carbons (Fsp3) is 0.167. The molecule has 0 aliphatic rings. The lowest BCUT2D eigenvalue weighted by Crippen LogP contribution is -2.18. The number of methoxy groups -OCH3 is 1. The molecule has 0 aliphatic heterocycles. The number of aromatic nitrogens is 3. The molecule has 1 N–H and O–H groups in total. The summed E-state index contributed by atoms with van der Waals surface area (Å²) in [5.41, 5.74) is -0.709. The Balaban J connectivity index is 1.73. The van der Waals surface area contributed by atoms with Crippen LogP contribution in [0.3, 0.4) is 0 Å². The number of para-hydroxylation sites is 2. The highest BCUT2D eigenvalue weighted by Gasteiger charge is 2.34. The smallest absolute Gasteiger partial charge is 0.418 e. The van der Waals surface area contributed by atoms with Crippen molar-refractivity contribution < 1.29 is 22.7 Å². The molecule has 0 aliphatic carbocycles. The van der Waals surface area contributed by atoms with Crippen molar-refractivity contribution in [3.63, 3.8) is 0 Å². The summed E-state index contributed by atoms with van der Waals surface area (Å²) in [6.45, 7) is 0. The van der Waals surface area contributed by atoms with E-state index >= 15 is 0 Å². The minimum Gasteiger partial charge on any atom is -0.495 e. The SMILES string of the molecule is COc1ccccc1-n1cnnc1SCC(=O)Nc1ccc(Cl)cc1C(F)(F)F. The second kappa shape index (κ2) is 8.75. The maximum absolute atomic E-state index is 13.2. The number of rotatable bonds is 6. The highest BCUT2D eigenvalue weighted by atomic mass is 35.5. The summed E-state index contributed by atoms with van der Waals surface area (Å²) >= 11 is 6.67. The van der Waals surface area contributed by atoms with Gasteiger partial charge in [-0.2, -0.15) is 13.2 Å². The fourth-order valence-corrected chi connectivity index (χ4v) is 3.39. The number of amides is 1. The van der Waals surface area contributed by atoms with Crippen LogP contribution in [0.2, 0.25) is 5.02 Å². The Morgan fingerprint density at radius 2 is 2.03 bits per heavy atom. The molecule has 29 heavy (non-hydrogen) atoms. The number of ether oxygens (including phenoxy) is 1. The number of nitrogens with one attached hydrogen (secondary N) is 1. The number of anilines is 1. The molecule has 1 amide bonds. The lowest BCUT2D eigenvalue weighted by atomic mass is 10.1. The second-order valence-electron chi connectivity index (χ2n) is 5.68. The van der Waals surface area contributed by atoms with Gasteiger partial charge in [0.1, 0.15) is 12.1 Å². The Kier molecular flexibility index (Phi) is 6.33. The van der Waals surface area contributed by atoms with Crippen molar-refractivity contribution in [1.29, 1.82) is 0 Å². The molecule has 11 heteroatoms. The number of benzene rings is 2. The Morgan fingerprint density at radius 3 is 2.76 bits per heavy atom. The minimum absolute atomic E-state index is 0.0744. The molecule has 6 nitrogen and oxygen atoms in total. The average Bonchev–Trinajstić information content (AvgIpc) is 3.15. The lowest BCUT2D eigenvalue weighted by molar-refractivity contribution is -0.137. The van der Waals surface area contributed by atoms with Crippen LogP contribution in [0.25, 0.3) is 5.69 Å². The Bertz CT molecular complexity index is 1030. The van der Waals surface area contributed by atoms with E-state index in [9.17, 15) is 18.0 Å². The van der Waals surface area contributed by atoms with E-state index in [1.54, 1.807) is 28.8 Å². The highest BCUT2D eigenvalue weighted by molar-refractivity contribution is 7.99. The van der Waals surface area contributed by atoms with Gasteiger partial charge in [0.05, 0.1) is 29.8 Å². The minimum atomic E-state index is -4.65. The molecule has 0 saturated carbocycles. The van der Waals surface area contributed by atoms with E-state index in [0.29, 0.717) is 16.6 Å². The first kappa shape index (κ1) is 21.0. The van der Waals surface area contributed by atoms with Crippen molar-refractivity contribution in [3.8, 4) is 11.4 Å². The zero-order valence-electron chi connectivity index (χ0n) is 14.9. The number of carbonyl (C=O) groups is 1. The lowest BCUT2D eigenvalue weighted by Gasteiger charge is -2.14. The van der Waals surface area contributed by atoms with Gasteiger partial charge in [0.2, 0.25) is 5.91 Å². The molecule has 0 radical (unpaired) electrons. The molecule has 0 saturated heterocycles. The highest BCUT2D eigenvalue weighted by Crippen LogP contribution is 2.36. The largest absolute Gasteiger partial charge is 0.495 e. The summed E-state index contributed by atoms with van der Waals surface area (Å²) in [5.74, 6) is -0.222. The van der Waals surface area contributed by atoms with Gasteiger partial charge in [-0.25, -0.2) is 0 Å². The number of nitrogens with zero attached hydrogens (tertiary/aromatic N) is 3. The Hall–Kier alpha value is -2.72. The van der Waals surface area contributed by atoms with Gasteiger partial charge in [-0.3, -0.25) is 9.36 Å². The van der Waals surface area contributed by atoms with Gasteiger partial charge in [-0.15, -0.1) is 10.2 Å². The van der Waals surface area contributed by atoms with Crippen molar-refractivity contribution in [3.05, 3.63) is 59.4 Å². The maximum Gasteiger partial charge on any atom is 0.418 e. The summed E-state index contributed by atoms with van der Waals surface area (Å²) in [5, 5.41) is 10.4. The van der Waals surface area contributed by atoms with Crippen molar-refractivity contribution in [2.24, 2.45) is 0 Å². The number of hydrogen-bond acceptors (Lipinski definition) is 5. The first-order valence-electron chi connectivity index (χ1n) is 8.12. The van der Waals surface area contributed by atoms with Crippen LogP contribution in [0, 0.1) is 0 Å². The molecule has 0 bridgehead atoms. The van der Waals surface area contributed by atoms with Crippen LogP contribution in [0.4, 0.5) is 18.9 Å². The zero-order chi connectivity index (χ0) is 21.0. The van der Waals surface area contributed by atoms with Gasteiger partial charge in [0, 0.05) is 5.02 Å². The van der Waals surface area contributed by atoms with Crippen LogP contribution in [0.1, 0.15) is 5.56 Å². The monoisotopic (exact) mass is 442 g/mol. The van der Waals surface area contributed by atoms with Crippen LogP contribution in [0.5, 0.6) is 5.75 Å². The summed E-state index contributed by atoms with van der Waals surface area (Å²) in [6.07, 6.45) is -3.19. The zero-order valence-corrected chi connectivity index (χ0v) is 16.5. The molecule has 152 valence electrons. The molecular formula is C18H14ClF3N4O2S. The van der Waals surface area contributed by atoms with E-state index in [0.717, 1.165) is 23.9 Å². The molecule has 0 atom stereocenters. The molecule has 0 fully saturated rings. The van der Waals surface area contributed by atoms with Gasteiger partial charge in [0.25, 0.3) is 0 Å². The van der Waals surface area contributed by atoms with Gasteiger partial charge in [-0.1, -0.05) is 35.5 Å². The van der Waals surface area contributed by atoms with Crippen LogP contribution < -0.4 is 10.1 Å². The average molecular weight is 443 g/mol. The van der Waals surface area contributed by atoms with Crippen LogP contribution in [-0.4, -0.2) is 33.5 Å². The van der Waals surface area contributed by atoms with E-state index in [1.165, 1.54) is 19.5 Å². The predicted molar refractivity (Wildman–Crippen MR) is 104 cm³/mol. The summed E-state index contributed by atoms with van der Waals surface area (Å²) in [7, 11) is 1.52. The Labute approximate surface area is 173 Å². The first-order chi connectivity index (χ1) is 13.8. The van der Waals surface area contributed by atoms with E-state index in [-0.39, 0.29) is 16.5 Å². The maximum atomic E-state index is 13.2. The summed E-state index contributed by atoms with van der Waals surface area (Å²) in [6, 6.07) is 10.3. The van der Waals surface area contributed by atoms with Gasteiger partial charge < -0.3 is 10.1 Å². The Morgan fingerprint density at radius 1 is 1.28 bits per heavy atom. The standard InChI is InChI=1S/C18H14ClF3N4O2S/c1-28-15-5-3-2-4-14(15)26-10-23-25-17(26)29-9-16(27)24-13-7-6-11(19)8-12(13)18(20,21)22/h2-8,10H,9H2,1H3,(H,24,27). The first-order valence-corrected chi connectivity index (χ1v) is 9.48. The van der Waals surface area contributed by atoms with E-state index in [2.05, 4.69) is 15.5 Å². The van der Waals surface area contributed by atoms with Gasteiger partial charge >= 0.3 is 6.18 Å². The third-order valence-corrected chi connectivity index (χ3v) is 4.93. The van der Waals surface area contributed by atoms with E-state index in [4.69, 9.17) is 16.3 Å².